The molecule has 21 heavy (non-hydrogen) atoms. The van der Waals surface area contributed by atoms with Crippen molar-refractivity contribution < 1.29 is 9.47 Å². The Morgan fingerprint density at radius 2 is 2.24 bits per heavy atom. The molecule has 1 aliphatic heterocycles. The van der Waals surface area contributed by atoms with Gasteiger partial charge in [-0.25, -0.2) is 4.98 Å². The number of aromatic nitrogens is 2. The summed E-state index contributed by atoms with van der Waals surface area (Å²) in [4.78, 5) is 4.29. The fourth-order valence-corrected chi connectivity index (χ4v) is 2.68. The van der Waals surface area contributed by atoms with E-state index >= 15 is 0 Å². The number of para-hydroxylation sites is 1. The molecule has 3 rings (SSSR count). The Hall–Kier alpha value is -1.85. The molecule has 0 radical (unpaired) electrons. The molecule has 0 saturated heterocycles. The topological polar surface area (TPSA) is 48.3 Å². The number of imidazole rings is 1. The number of methoxy groups -OCH3 is 1. The molecule has 1 aliphatic rings. The van der Waals surface area contributed by atoms with Crippen molar-refractivity contribution in [3.05, 3.63) is 36.3 Å². The van der Waals surface area contributed by atoms with E-state index in [9.17, 15) is 0 Å². The Balaban J connectivity index is 1.72. The zero-order valence-corrected chi connectivity index (χ0v) is 12.3. The molecule has 0 fully saturated rings. The van der Waals surface area contributed by atoms with Crippen LogP contribution in [0.15, 0.2) is 30.7 Å². The fraction of sp³-hybridized carbons (Fsp3) is 0.438. The second kappa shape index (κ2) is 6.74. The van der Waals surface area contributed by atoms with Crippen LogP contribution in [0.4, 0.5) is 5.69 Å². The van der Waals surface area contributed by atoms with E-state index in [1.54, 1.807) is 7.11 Å². The minimum Gasteiger partial charge on any atom is -0.384 e. The lowest BCUT2D eigenvalue weighted by Gasteiger charge is -2.12. The Morgan fingerprint density at radius 3 is 3.14 bits per heavy atom. The number of hydrogen-bond donors (Lipinski definition) is 1. The summed E-state index contributed by atoms with van der Waals surface area (Å²) in [5.74, 6) is 0. The molecule has 0 aliphatic carbocycles. The highest BCUT2D eigenvalue weighted by atomic mass is 16.5. The summed E-state index contributed by atoms with van der Waals surface area (Å²) in [6.07, 6.45) is 4.88. The summed E-state index contributed by atoms with van der Waals surface area (Å²) in [5, 5.41) is 3.48. The lowest BCUT2D eigenvalue weighted by Crippen LogP contribution is -2.09. The molecule has 0 saturated carbocycles. The summed E-state index contributed by atoms with van der Waals surface area (Å²) >= 11 is 0. The van der Waals surface area contributed by atoms with Crippen LogP contribution < -0.4 is 5.32 Å². The van der Waals surface area contributed by atoms with Gasteiger partial charge in [-0.3, -0.25) is 0 Å². The molecule has 0 atom stereocenters. The summed E-state index contributed by atoms with van der Waals surface area (Å²) < 4.78 is 12.7. The normalized spacial score (nSPS) is 13.2. The zero-order valence-electron chi connectivity index (χ0n) is 12.3. The zero-order chi connectivity index (χ0) is 14.5. The number of rotatable bonds is 7. The molecule has 112 valence electrons. The highest BCUT2D eigenvalue weighted by molar-refractivity contribution is 5.79. The van der Waals surface area contributed by atoms with E-state index in [2.05, 4.69) is 33.1 Å². The summed E-state index contributed by atoms with van der Waals surface area (Å²) in [5.41, 5.74) is 4.99. The van der Waals surface area contributed by atoms with Crippen LogP contribution in [0.25, 0.3) is 11.3 Å². The standard InChI is InChI=1S/C16H21N3O2/c1-20-9-10-21-8-7-19-12-17-11-15(19)14-4-2-3-13-5-6-18-16(13)14/h2-4,11-12,18H,5-10H2,1H3. The second-order valence-electron chi connectivity index (χ2n) is 5.09. The third-order valence-corrected chi connectivity index (χ3v) is 3.74. The highest BCUT2D eigenvalue weighted by Gasteiger charge is 2.16. The summed E-state index contributed by atoms with van der Waals surface area (Å²) in [7, 11) is 1.68. The first-order chi connectivity index (χ1) is 10.4. The maximum Gasteiger partial charge on any atom is 0.0951 e. The van der Waals surface area contributed by atoms with Crippen LogP contribution in [0.5, 0.6) is 0 Å². The van der Waals surface area contributed by atoms with Crippen LogP contribution in [-0.4, -0.2) is 43.0 Å². The second-order valence-corrected chi connectivity index (χ2v) is 5.09. The molecule has 1 aromatic carbocycles. The minimum atomic E-state index is 0.628. The Bertz CT molecular complexity index is 595. The van der Waals surface area contributed by atoms with Crippen molar-refractivity contribution >= 4 is 5.69 Å². The van der Waals surface area contributed by atoms with Crippen LogP contribution >= 0.6 is 0 Å². The van der Waals surface area contributed by atoms with Gasteiger partial charge in [0.2, 0.25) is 0 Å². The van der Waals surface area contributed by atoms with Crippen molar-refractivity contribution in [3.8, 4) is 11.3 Å². The highest BCUT2D eigenvalue weighted by Crippen LogP contribution is 2.34. The predicted molar refractivity (Wildman–Crippen MR) is 82.6 cm³/mol. The first-order valence-electron chi connectivity index (χ1n) is 7.33. The van der Waals surface area contributed by atoms with Gasteiger partial charge in [-0.1, -0.05) is 18.2 Å². The van der Waals surface area contributed by atoms with Crippen molar-refractivity contribution in [2.75, 3.05) is 38.8 Å². The number of nitrogens with one attached hydrogen (secondary N) is 1. The van der Waals surface area contributed by atoms with Gasteiger partial charge in [-0.2, -0.15) is 0 Å². The smallest absolute Gasteiger partial charge is 0.0951 e. The van der Waals surface area contributed by atoms with Gasteiger partial charge >= 0.3 is 0 Å². The molecule has 0 bridgehead atoms. The van der Waals surface area contributed by atoms with Crippen molar-refractivity contribution in [2.45, 2.75) is 13.0 Å². The Labute approximate surface area is 124 Å². The van der Waals surface area contributed by atoms with Crippen molar-refractivity contribution in [3.63, 3.8) is 0 Å². The lowest BCUT2D eigenvalue weighted by molar-refractivity contribution is 0.0667. The maximum absolute atomic E-state index is 5.54. The molecule has 1 aromatic heterocycles. The van der Waals surface area contributed by atoms with Gasteiger partial charge < -0.3 is 19.4 Å². The van der Waals surface area contributed by atoms with Crippen molar-refractivity contribution in [2.24, 2.45) is 0 Å². The summed E-state index contributed by atoms with van der Waals surface area (Å²) in [6, 6.07) is 6.46. The molecule has 5 nitrogen and oxygen atoms in total. The predicted octanol–water partition coefficient (Wildman–Crippen LogP) is 2.18. The van der Waals surface area contributed by atoms with E-state index in [0.717, 1.165) is 25.2 Å². The SMILES string of the molecule is COCCOCCn1cncc1-c1cccc2c1NCC2. The van der Waals surface area contributed by atoms with E-state index in [1.165, 1.54) is 16.8 Å². The Kier molecular flexibility index (Phi) is 4.52. The molecule has 0 unspecified atom stereocenters. The number of benzene rings is 1. The van der Waals surface area contributed by atoms with Gasteiger partial charge in [0.25, 0.3) is 0 Å². The number of nitrogens with zero attached hydrogens (tertiary/aromatic N) is 2. The minimum absolute atomic E-state index is 0.628. The molecule has 2 heterocycles. The van der Waals surface area contributed by atoms with Gasteiger partial charge in [0.1, 0.15) is 0 Å². The third kappa shape index (κ3) is 3.09. The average molecular weight is 287 g/mol. The molecule has 2 aromatic rings. The van der Waals surface area contributed by atoms with Gasteiger partial charge in [0.15, 0.2) is 0 Å². The monoisotopic (exact) mass is 287 g/mol. The summed E-state index contributed by atoms with van der Waals surface area (Å²) in [6.45, 7) is 3.73. The van der Waals surface area contributed by atoms with Gasteiger partial charge in [0.05, 0.1) is 38.0 Å². The molecule has 0 spiro atoms. The first kappa shape index (κ1) is 14.1. The van der Waals surface area contributed by atoms with Gasteiger partial charge in [-0.15, -0.1) is 0 Å². The van der Waals surface area contributed by atoms with Crippen LogP contribution in [0.2, 0.25) is 0 Å². The van der Waals surface area contributed by atoms with E-state index in [-0.39, 0.29) is 0 Å². The van der Waals surface area contributed by atoms with Crippen molar-refractivity contribution in [1.82, 2.24) is 9.55 Å². The number of hydrogen-bond acceptors (Lipinski definition) is 4. The van der Waals surface area contributed by atoms with E-state index < -0.39 is 0 Å². The van der Waals surface area contributed by atoms with Crippen LogP contribution in [-0.2, 0) is 22.4 Å². The van der Waals surface area contributed by atoms with Gasteiger partial charge in [0, 0.05) is 31.5 Å². The molecule has 1 N–H and O–H groups in total. The molecule has 5 heteroatoms. The lowest BCUT2D eigenvalue weighted by atomic mass is 10.1. The molecular weight excluding hydrogens is 266 g/mol. The third-order valence-electron chi connectivity index (χ3n) is 3.74. The molecular formula is C16H21N3O2. The average Bonchev–Trinajstić information content (AvgIpc) is 3.15. The Morgan fingerprint density at radius 1 is 1.29 bits per heavy atom. The van der Waals surface area contributed by atoms with Crippen LogP contribution in [0, 0.1) is 0 Å². The van der Waals surface area contributed by atoms with E-state index in [1.807, 2.05) is 12.5 Å². The number of ether oxygens (including phenoxy) is 2. The number of anilines is 1. The number of fused-ring (bicyclic) bond motifs is 1. The maximum atomic E-state index is 5.54. The fourth-order valence-electron chi connectivity index (χ4n) is 2.68. The quantitative estimate of drug-likeness (QED) is 0.793. The molecule has 0 amide bonds. The first-order valence-corrected chi connectivity index (χ1v) is 7.33. The van der Waals surface area contributed by atoms with Gasteiger partial charge in [-0.05, 0) is 12.0 Å². The van der Waals surface area contributed by atoms with Crippen LogP contribution in [0.1, 0.15) is 5.56 Å². The van der Waals surface area contributed by atoms with Crippen molar-refractivity contribution in [1.29, 1.82) is 0 Å². The van der Waals surface area contributed by atoms with E-state index in [0.29, 0.717) is 19.8 Å². The largest absolute Gasteiger partial charge is 0.384 e. The van der Waals surface area contributed by atoms with Crippen LogP contribution in [0.3, 0.4) is 0 Å². The van der Waals surface area contributed by atoms with E-state index in [4.69, 9.17) is 9.47 Å².